The highest BCUT2D eigenvalue weighted by atomic mass is 19.4. The molecule has 0 spiro atoms. The molecule has 10 heteroatoms. The topological polar surface area (TPSA) is 94.4 Å². The first-order valence-corrected chi connectivity index (χ1v) is 11.0. The molecule has 0 saturated carbocycles. The van der Waals surface area contributed by atoms with Gasteiger partial charge in [-0.05, 0) is 50.6 Å². The van der Waals surface area contributed by atoms with E-state index in [-0.39, 0.29) is 23.6 Å². The van der Waals surface area contributed by atoms with E-state index in [2.05, 4.69) is 10.3 Å². The van der Waals surface area contributed by atoms with E-state index < -0.39 is 17.6 Å². The molecule has 182 valence electrons. The Labute approximate surface area is 199 Å². The number of fused-ring (bicyclic) bond motifs is 1. The molecule has 2 aromatic carbocycles. The molecule has 0 unspecified atom stereocenters. The molecule has 4 rings (SSSR count). The molecule has 0 atom stereocenters. The third-order valence-electron chi connectivity index (χ3n) is 5.91. The summed E-state index contributed by atoms with van der Waals surface area (Å²) >= 11 is 0. The SMILES string of the molecule is CCc1c(C)c(=O)n2c(-c3ccccc3N)c(C)nc2n1CC(=O)Nc1ccc(C(F)(F)F)cc1. The number of nitrogens with one attached hydrogen (secondary N) is 1. The van der Waals surface area contributed by atoms with Crippen molar-refractivity contribution in [1.29, 1.82) is 0 Å². The summed E-state index contributed by atoms with van der Waals surface area (Å²) in [7, 11) is 0. The number of nitrogen functional groups attached to an aromatic ring is 1. The predicted molar refractivity (Wildman–Crippen MR) is 128 cm³/mol. The molecule has 0 fully saturated rings. The molecule has 4 aromatic rings. The molecule has 0 aliphatic rings. The first-order valence-electron chi connectivity index (χ1n) is 11.0. The van der Waals surface area contributed by atoms with E-state index in [1.54, 1.807) is 36.6 Å². The lowest BCUT2D eigenvalue weighted by Gasteiger charge is -2.17. The van der Waals surface area contributed by atoms with Crippen LogP contribution in [0, 0.1) is 13.8 Å². The molecule has 0 aliphatic heterocycles. The molecule has 0 saturated heterocycles. The minimum absolute atomic E-state index is 0.186. The Balaban J connectivity index is 1.78. The molecule has 0 radical (unpaired) electrons. The van der Waals surface area contributed by atoms with E-state index in [4.69, 9.17) is 5.73 Å². The Bertz CT molecular complexity index is 1480. The van der Waals surface area contributed by atoms with Crippen LogP contribution >= 0.6 is 0 Å². The van der Waals surface area contributed by atoms with Crippen molar-refractivity contribution in [2.24, 2.45) is 0 Å². The fourth-order valence-corrected chi connectivity index (χ4v) is 4.24. The monoisotopic (exact) mass is 483 g/mol. The minimum Gasteiger partial charge on any atom is -0.398 e. The maximum Gasteiger partial charge on any atom is 0.416 e. The Kier molecular flexibility index (Phi) is 6.14. The highest BCUT2D eigenvalue weighted by molar-refractivity contribution is 5.91. The molecule has 0 aliphatic carbocycles. The Morgan fingerprint density at radius 2 is 1.74 bits per heavy atom. The van der Waals surface area contributed by atoms with Crippen LogP contribution in [0.2, 0.25) is 0 Å². The van der Waals surface area contributed by atoms with Crippen LogP contribution in [0.15, 0.2) is 53.3 Å². The van der Waals surface area contributed by atoms with Gasteiger partial charge in [0.15, 0.2) is 0 Å². The summed E-state index contributed by atoms with van der Waals surface area (Å²) in [6.07, 6.45) is -3.99. The quantitative estimate of drug-likeness (QED) is 0.406. The number of hydrogen-bond acceptors (Lipinski definition) is 4. The lowest BCUT2D eigenvalue weighted by Crippen LogP contribution is -2.29. The van der Waals surface area contributed by atoms with Gasteiger partial charge >= 0.3 is 6.18 Å². The molecule has 0 bridgehead atoms. The van der Waals surface area contributed by atoms with Gasteiger partial charge in [0.1, 0.15) is 6.54 Å². The molecule has 2 heterocycles. The second kappa shape index (κ2) is 8.94. The lowest BCUT2D eigenvalue weighted by atomic mass is 10.1. The van der Waals surface area contributed by atoms with Gasteiger partial charge in [0.25, 0.3) is 5.56 Å². The molecular weight excluding hydrogens is 459 g/mol. The van der Waals surface area contributed by atoms with Crippen LogP contribution in [-0.4, -0.2) is 19.9 Å². The number of nitrogens with two attached hydrogens (primary N) is 1. The smallest absolute Gasteiger partial charge is 0.398 e. The van der Waals surface area contributed by atoms with Crippen molar-refractivity contribution in [2.75, 3.05) is 11.1 Å². The molecular formula is C25H24F3N5O2. The van der Waals surface area contributed by atoms with Crippen molar-refractivity contribution >= 4 is 23.1 Å². The summed E-state index contributed by atoms with van der Waals surface area (Å²) in [5.41, 5.74) is 8.71. The van der Waals surface area contributed by atoms with Gasteiger partial charge in [-0.2, -0.15) is 13.2 Å². The average Bonchev–Trinajstić information content (AvgIpc) is 3.14. The van der Waals surface area contributed by atoms with Gasteiger partial charge < -0.3 is 15.6 Å². The van der Waals surface area contributed by atoms with Gasteiger partial charge in [-0.3, -0.25) is 9.59 Å². The summed E-state index contributed by atoms with van der Waals surface area (Å²) < 4.78 is 41.6. The van der Waals surface area contributed by atoms with Crippen LogP contribution < -0.4 is 16.6 Å². The third kappa shape index (κ3) is 4.39. The number of rotatable bonds is 5. The fraction of sp³-hybridized carbons (Fsp3) is 0.240. The van der Waals surface area contributed by atoms with E-state index in [0.717, 1.165) is 12.1 Å². The number of carbonyl (C=O) groups excluding carboxylic acids is 1. The number of alkyl halides is 3. The van der Waals surface area contributed by atoms with Crippen LogP contribution in [0.1, 0.15) is 29.4 Å². The highest BCUT2D eigenvalue weighted by Gasteiger charge is 2.30. The standard InChI is InChI=1S/C25H24F3N5O2/c1-4-20-14(2)23(35)33-22(18-7-5-6-8-19(18)29)15(3)30-24(33)32(20)13-21(34)31-17-11-9-16(10-12-17)25(26,27)28/h5-12H,4,13,29H2,1-3H3,(H,31,34). The number of benzene rings is 2. The van der Waals surface area contributed by atoms with Gasteiger partial charge in [0.2, 0.25) is 11.7 Å². The van der Waals surface area contributed by atoms with Crippen molar-refractivity contribution in [2.45, 2.75) is 39.9 Å². The minimum atomic E-state index is -4.46. The molecule has 1 amide bonds. The van der Waals surface area contributed by atoms with Crippen LogP contribution in [0.4, 0.5) is 24.5 Å². The van der Waals surface area contributed by atoms with Crippen molar-refractivity contribution in [3.63, 3.8) is 0 Å². The average molecular weight is 483 g/mol. The normalized spacial score (nSPS) is 11.7. The molecule has 7 nitrogen and oxygen atoms in total. The van der Waals surface area contributed by atoms with Crippen molar-refractivity contribution < 1.29 is 18.0 Å². The van der Waals surface area contributed by atoms with Gasteiger partial charge in [-0.25, -0.2) is 9.38 Å². The van der Waals surface area contributed by atoms with Gasteiger partial charge in [-0.15, -0.1) is 0 Å². The number of anilines is 2. The number of amides is 1. The van der Waals surface area contributed by atoms with Gasteiger partial charge in [0, 0.05) is 28.2 Å². The summed E-state index contributed by atoms with van der Waals surface area (Å²) in [5, 5.41) is 2.62. The van der Waals surface area contributed by atoms with E-state index >= 15 is 0 Å². The summed E-state index contributed by atoms with van der Waals surface area (Å²) in [5.74, 6) is -0.179. The zero-order chi connectivity index (χ0) is 25.5. The molecule has 35 heavy (non-hydrogen) atoms. The Morgan fingerprint density at radius 3 is 2.34 bits per heavy atom. The number of carbonyl (C=O) groups is 1. The number of halogens is 3. The van der Waals surface area contributed by atoms with E-state index in [0.29, 0.717) is 40.3 Å². The maximum absolute atomic E-state index is 13.3. The zero-order valence-corrected chi connectivity index (χ0v) is 19.4. The van der Waals surface area contributed by atoms with Gasteiger partial charge in [-0.1, -0.05) is 25.1 Å². The van der Waals surface area contributed by atoms with E-state index in [1.165, 1.54) is 16.5 Å². The van der Waals surface area contributed by atoms with Crippen LogP contribution in [0.5, 0.6) is 0 Å². The second-order valence-corrected chi connectivity index (χ2v) is 8.21. The van der Waals surface area contributed by atoms with Crippen molar-refractivity contribution in [3.8, 4) is 11.3 Å². The zero-order valence-electron chi connectivity index (χ0n) is 19.4. The number of nitrogens with zero attached hydrogens (tertiary/aromatic N) is 3. The first-order chi connectivity index (χ1) is 16.5. The van der Waals surface area contributed by atoms with Crippen LogP contribution in [-0.2, 0) is 23.9 Å². The highest BCUT2D eigenvalue weighted by Crippen LogP contribution is 2.31. The summed E-state index contributed by atoms with van der Waals surface area (Å²) in [4.78, 5) is 30.8. The fourth-order valence-electron chi connectivity index (χ4n) is 4.24. The number of aromatic nitrogens is 3. The van der Waals surface area contributed by atoms with E-state index in [1.807, 2.05) is 13.0 Å². The third-order valence-corrected chi connectivity index (χ3v) is 5.91. The number of aryl methyl sites for hydroxylation is 1. The van der Waals surface area contributed by atoms with Crippen LogP contribution in [0.3, 0.4) is 0 Å². The maximum atomic E-state index is 13.3. The van der Waals surface area contributed by atoms with Crippen LogP contribution in [0.25, 0.3) is 17.0 Å². The Morgan fingerprint density at radius 1 is 1.09 bits per heavy atom. The predicted octanol–water partition coefficient (Wildman–Crippen LogP) is 4.58. The first kappa shape index (κ1) is 24.1. The van der Waals surface area contributed by atoms with Crippen molar-refractivity contribution in [1.82, 2.24) is 14.0 Å². The summed E-state index contributed by atoms with van der Waals surface area (Å²) in [6, 6.07) is 11.4. The Hall–Kier alpha value is -4.08. The number of para-hydroxylation sites is 1. The summed E-state index contributed by atoms with van der Waals surface area (Å²) in [6.45, 7) is 5.14. The van der Waals surface area contributed by atoms with Gasteiger partial charge in [0.05, 0.1) is 17.0 Å². The number of hydrogen-bond donors (Lipinski definition) is 2. The number of imidazole rings is 1. The van der Waals surface area contributed by atoms with E-state index in [9.17, 15) is 22.8 Å². The lowest BCUT2D eigenvalue weighted by molar-refractivity contribution is -0.137. The molecule has 2 aromatic heterocycles. The molecule has 3 N–H and O–H groups in total. The second-order valence-electron chi connectivity index (χ2n) is 8.21. The largest absolute Gasteiger partial charge is 0.416 e. The van der Waals surface area contributed by atoms with Crippen molar-refractivity contribution in [3.05, 3.63) is 81.4 Å².